The Bertz CT molecular complexity index is 2480. The number of methoxy groups -OCH3 is 1. The number of alkyl carbamates (subject to hydrolysis) is 1. The Kier molecular flexibility index (Phi) is 8.33. The maximum atomic E-state index is 13.7. The van der Waals surface area contributed by atoms with Gasteiger partial charge in [0.1, 0.15) is 17.7 Å². The Morgan fingerprint density at radius 3 is 1.78 bits per heavy atom. The van der Waals surface area contributed by atoms with Gasteiger partial charge in [0, 0.05) is 19.5 Å². The van der Waals surface area contributed by atoms with Crippen LogP contribution < -0.4 is 5.32 Å². The van der Waals surface area contributed by atoms with E-state index in [4.69, 9.17) is 14.7 Å². The second kappa shape index (κ2) is 13.5. The third-order valence-electron chi connectivity index (χ3n) is 12.2. The summed E-state index contributed by atoms with van der Waals surface area (Å²) < 4.78 is 4.81. The van der Waals surface area contributed by atoms with Gasteiger partial charge in [0.15, 0.2) is 0 Å². The van der Waals surface area contributed by atoms with E-state index in [1.54, 1.807) is 0 Å². The number of imidazole rings is 2. The molecule has 11 heteroatoms. The largest absolute Gasteiger partial charge is 0.453 e. The molecule has 0 spiro atoms. The quantitative estimate of drug-likeness (QED) is 0.137. The zero-order valence-electron chi connectivity index (χ0n) is 31.0. The van der Waals surface area contributed by atoms with Crippen molar-refractivity contribution in [2.75, 3.05) is 20.2 Å². The first kappa shape index (κ1) is 33.8. The number of amides is 3. The van der Waals surface area contributed by atoms with E-state index in [0.29, 0.717) is 18.9 Å². The highest BCUT2D eigenvalue weighted by Crippen LogP contribution is 2.40. The van der Waals surface area contributed by atoms with Gasteiger partial charge in [-0.1, -0.05) is 36.4 Å². The molecule has 3 atom stereocenters. The molecule has 4 aromatic carbocycles. The molecule has 2 saturated heterocycles. The Hall–Kier alpha value is -5.71. The van der Waals surface area contributed by atoms with Gasteiger partial charge >= 0.3 is 6.09 Å². The molecule has 0 unspecified atom stereocenters. The number of ether oxygens (including phenoxy) is 1. The Balaban J connectivity index is 0.867. The number of rotatable bonds is 9. The average Bonchev–Trinajstić information content (AvgIpc) is 3.94. The van der Waals surface area contributed by atoms with E-state index in [0.717, 1.165) is 112 Å². The fourth-order valence-corrected chi connectivity index (χ4v) is 8.86. The van der Waals surface area contributed by atoms with Crippen LogP contribution in [0, 0.1) is 11.8 Å². The lowest BCUT2D eigenvalue weighted by atomic mass is 9.97. The number of aromatic amines is 2. The summed E-state index contributed by atoms with van der Waals surface area (Å²) in [7, 11) is 1.32. The molecule has 3 amide bonds. The minimum absolute atomic E-state index is 0.0317. The van der Waals surface area contributed by atoms with Gasteiger partial charge in [-0.2, -0.15) is 0 Å². The van der Waals surface area contributed by atoms with E-state index < -0.39 is 12.1 Å². The van der Waals surface area contributed by atoms with Crippen molar-refractivity contribution in [3.05, 3.63) is 84.4 Å². The number of fused-ring (bicyclic) bond motifs is 3. The van der Waals surface area contributed by atoms with Gasteiger partial charge in [-0.05, 0) is 133 Å². The average molecular weight is 736 g/mol. The molecular weight excluding hydrogens is 691 g/mol. The summed E-state index contributed by atoms with van der Waals surface area (Å²) >= 11 is 0. The monoisotopic (exact) mass is 735 g/mol. The summed E-state index contributed by atoms with van der Waals surface area (Å²) in [5.41, 5.74) is 8.15. The Morgan fingerprint density at radius 1 is 0.709 bits per heavy atom. The van der Waals surface area contributed by atoms with Gasteiger partial charge in [0.2, 0.25) is 11.8 Å². The van der Waals surface area contributed by atoms with Gasteiger partial charge in [0.05, 0.1) is 41.3 Å². The van der Waals surface area contributed by atoms with Gasteiger partial charge in [-0.15, -0.1) is 0 Å². The van der Waals surface area contributed by atoms with E-state index in [2.05, 4.69) is 82.0 Å². The van der Waals surface area contributed by atoms with Crippen LogP contribution in [-0.2, 0) is 14.3 Å². The van der Waals surface area contributed by atoms with Crippen molar-refractivity contribution in [1.29, 1.82) is 0 Å². The number of nitrogens with zero attached hydrogens (tertiary/aromatic N) is 4. The first-order chi connectivity index (χ1) is 26.9. The normalized spacial score (nSPS) is 20.5. The first-order valence-corrected chi connectivity index (χ1v) is 19.9. The maximum Gasteiger partial charge on any atom is 0.407 e. The molecular formula is C44H45N7O4. The SMILES string of the molecule is COC(=O)N[C@H](C(=O)N1CCC[C@H]1c1nc2ccc(-c3ccc4cc(-c5ccc6nc([C@@H]7CCCN7C(=O)CC7CC7)[nH]c6c5)ccc4c3)cc2[nH]1)C1CC1. The van der Waals surface area contributed by atoms with Crippen molar-refractivity contribution in [3.8, 4) is 22.3 Å². The number of aromatic nitrogens is 4. The number of nitrogens with one attached hydrogen (secondary N) is 3. The van der Waals surface area contributed by atoms with Crippen LogP contribution in [0.25, 0.3) is 55.1 Å². The van der Waals surface area contributed by atoms with Crippen molar-refractivity contribution in [2.45, 2.75) is 75.9 Å². The summed E-state index contributed by atoms with van der Waals surface area (Å²) in [6.07, 6.45) is 8.00. The van der Waals surface area contributed by atoms with Gasteiger partial charge in [0.25, 0.3) is 0 Å². The zero-order valence-corrected chi connectivity index (χ0v) is 31.0. The molecule has 0 bridgehead atoms. The number of likely N-dealkylation sites (tertiary alicyclic amines) is 2. The second-order valence-corrected chi connectivity index (χ2v) is 16.0. The molecule has 2 aliphatic carbocycles. The third-order valence-corrected chi connectivity index (χ3v) is 12.2. The van der Waals surface area contributed by atoms with E-state index >= 15 is 0 Å². The second-order valence-electron chi connectivity index (χ2n) is 16.0. The number of H-pyrrole nitrogens is 2. The van der Waals surface area contributed by atoms with Crippen LogP contribution in [0.2, 0.25) is 0 Å². The van der Waals surface area contributed by atoms with Gasteiger partial charge in [-0.25, -0.2) is 14.8 Å². The highest BCUT2D eigenvalue weighted by molar-refractivity contribution is 5.93. The standard InChI is InChI=1S/C44H45N7O4/c1-55-44(54)49-40(26-8-9-26)43(53)51-19-3-5-38(51)42-46-34-17-15-32(24-36(34)48-42)30-13-11-27-21-29(12-10-28(27)22-30)31-14-16-33-35(23-31)47-41(45-33)37-4-2-18-50(37)39(52)20-25-6-7-25/h10-17,21-26,37-38,40H,2-9,18-20H2,1H3,(H,45,47)(H,46,48)(H,49,54)/t37-,38-,40-/m0/s1. The van der Waals surface area contributed by atoms with Crippen molar-refractivity contribution < 1.29 is 19.1 Å². The fraction of sp³-hybridized carbons (Fsp3) is 0.386. The van der Waals surface area contributed by atoms with Crippen molar-refractivity contribution >= 4 is 50.7 Å². The summed E-state index contributed by atoms with van der Waals surface area (Å²) in [5, 5.41) is 5.09. The Morgan fingerprint density at radius 2 is 1.24 bits per heavy atom. The van der Waals surface area contributed by atoms with Crippen molar-refractivity contribution in [3.63, 3.8) is 0 Å². The third kappa shape index (κ3) is 6.49. The number of hydrogen-bond donors (Lipinski definition) is 3. The molecule has 4 aliphatic rings. The van der Waals surface area contributed by atoms with Gasteiger partial charge < -0.3 is 29.8 Å². The molecule has 10 rings (SSSR count). The summed E-state index contributed by atoms with van der Waals surface area (Å²) in [5.74, 6) is 2.63. The number of hydrogen-bond acceptors (Lipinski definition) is 6. The lowest BCUT2D eigenvalue weighted by molar-refractivity contribution is -0.135. The van der Waals surface area contributed by atoms with Crippen LogP contribution >= 0.6 is 0 Å². The van der Waals surface area contributed by atoms with Crippen LogP contribution in [0.5, 0.6) is 0 Å². The van der Waals surface area contributed by atoms with E-state index in [1.807, 2.05) is 15.9 Å². The molecule has 4 fully saturated rings. The number of carbonyl (C=O) groups excluding carboxylic acids is 3. The highest BCUT2D eigenvalue weighted by atomic mass is 16.5. The predicted octanol–water partition coefficient (Wildman–Crippen LogP) is 8.19. The molecule has 11 nitrogen and oxygen atoms in total. The molecule has 4 heterocycles. The molecule has 0 radical (unpaired) electrons. The predicted molar refractivity (Wildman–Crippen MR) is 211 cm³/mol. The van der Waals surface area contributed by atoms with Crippen LogP contribution in [0.4, 0.5) is 4.79 Å². The summed E-state index contributed by atoms with van der Waals surface area (Å²) in [6.45, 7) is 1.46. The lowest BCUT2D eigenvalue weighted by Gasteiger charge is -2.28. The lowest BCUT2D eigenvalue weighted by Crippen LogP contribution is -2.49. The highest BCUT2D eigenvalue weighted by Gasteiger charge is 2.43. The molecule has 3 N–H and O–H groups in total. The number of carbonyl (C=O) groups is 3. The topological polar surface area (TPSA) is 136 Å². The molecule has 55 heavy (non-hydrogen) atoms. The van der Waals surface area contributed by atoms with E-state index in [9.17, 15) is 14.4 Å². The summed E-state index contributed by atoms with van der Waals surface area (Å²) in [4.78, 5) is 59.6. The smallest absolute Gasteiger partial charge is 0.407 e. The fourth-order valence-electron chi connectivity index (χ4n) is 8.86. The van der Waals surface area contributed by atoms with Crippen molar-refractivity contribution in [1.82, 2.24) is 35.1 Å². The van der Waals surface area contributed by atoms with Crippen LogP contribution in [0.15, 0.2) is 72.8 Å². The first-order valence-electron chi connectivity index (χ1n) is 19.9. The van der Waals surface area contributed by atoms with Crippen LogP contribution in [0.3, 0.4) is 0 Å². The Labute approximate surface area is 318 Å². The molecule has 6 aromatic rings. The molecule has 2 aromatic heterocycles. The van der Waals surface area contributed by atoms with E-state index in [-0.39, 0.29) is 29.8 Å². The zero-order chi connectivity index (χ0) is 37.2. The van der Waals surface area contributed by atoms with Crippen molar-refractivity contribution in [2.24, 2.45) is 11.8 Å². The maximum absolute atomic E-state index is 13.7. The minimum Gasteiger partial charge on any atom is -0.453 e. The minimum atomic E-state index is -0.571. The van der Waals surface area contributed by atoms with Crippen LogP contribution in [-0.4, -0.2) is 73.9 Å². The molecule has 280 valence electrons. The van der Waals surface area contributed by atoms with E-state index in [1.165, 1.54) is 20.0 Å². The van der Waals surface area contributed by atoms with Gasteiger partial charge in [-0.3, -0.25) is 9.59 Å². The van der Waals surface area contributed by atoms with Crippen LogP contribution in [0.1, 0.15) is 81.5 Å². The molecule has 2 saturated carbocycles. The summed E-state index contributed by atoms with van der Waals surface area (Å²) in [6, 6.07) is 25.1. The number of benzene rings is 4. The molecule has 2 aliphatic heterocycles.